The van der Waals surface area contributed by atoms with Crippen molar-refractivity contribution in [2.45, 2.75) is 46.1 Å². The number of hydrogen-bond acceptors (Lipinski definition) is 3. The van der Waals surface area contributed by atoms with E-state index >= 15 is 0 Å². The van der Waals surface area contributed by atoms with Crippen LogP contribution in [0.1, 0.15) is 55.5 Å². The zero-order valence-corrected chi connectivity index (χ0v) is 13.4. The number of ether oxygens (including phenoxy) is 2. The van der Waals surface area contributed by atoms with Crippen molar-refractivity contribution in [3.05, 3.63) is 29.3 Å². The van der Waals surface area contributed by atoms with Gasteiger partial charge in [0.05, 0.1) is 13.7 Å². The van der Waals surface area contributed by atoms with E-state index in [0.717, 1.165) is 43.6 Å². The Balaban J connectivity index is 2.67. The molecular formula is C17H27NO3. The van der Waals surface area contributed by atoms with Crippen LogP contribution in [-0.4, -0.2) is 26.2 Å². The summed E-state index contributed by atoms with van der Waals surface area (Å²) in [6.07, 6.45) is 4.21. The molecule has 0 aromatic heterocycles. The first kappa shape index (κ1) is 17.5. The van der Waals surface area contributed by atoms with E-state index in [1.54, 1.807) is 13.2 Å². The van der Waals surface area contributed by atoms with Gasteiger partial charge in [0.15, 0.2) is 0 Å². The van der Waals surface area contributed by atoms with Gasteiger partial charge in [0.2, 0.25) is 0 Å². The van der Waals surface area contributed by atoms with Crippen LogP contribution in [0.4, 0.5) is 0 Å². The Morgan fingerprint density at radius 3 is 2.62 bits per heavy atom. The lowest BCUT2D eigenvalue weighted by atomic mass is 10.1. The maximum Gasteiger partial charge on any atom is 0.251 e. The molecular weight excluding hydrogens is 266 g/mol. The van der Waals surface area contributed by atoms with Crippen LogP contribution in [0.3, 0.4) is 0 Å². The van der Waals surface area contributed by atoms with E-state index in [-0.39, 0.29) is 5.91 Å². The molecule has 118 valence electrons. The molecule has 1 rings (SSSR count). The van der Waals surface area contributed by atoms with Gasteiger partial charge < -0.3 is 14.8 Å². The minimum atomic E-state index is -0.0408. The summed E-state index contributed by atoms with van der Waals surface area (Å²) >= 11 is 0. The number of methoxy groups -OCH3 is 1. The van der Waals surface area contributed by atoms with Gasteiger partial charge >= 0.3 is 0 Å². The van der Waals surface area contributed by atoms with E-state index in [0.29, 0.717) is 18.7 Å². The van der Waals surface area contributed by atoms with Crippen molar-refractivity contribution in [1.82, 2.24) is 5.32 Å². The number of benzene rings is 1. The quantitative estimate of drug-likeness (QED) is 0.671. The molecule has 21 heavy (non-hydrogen) atoms. The maximum atomic E-state index is 12.1. The zero-order chi connectivity index (χ0) is 15.5. The molecule has 1 aromatic rings. The molecule has 0 heterocycles. The van der Waals surface area contributed by atoms with Gasteiger partial charge in [-0.15, -0.1) is 0 Å². The van der Waals surface area contributed by atoms with Crippen molar-refractivity contribution >= 4 is 5.91 Å². The van der Waals surface area contributed by atoms with Gasteiger partial charge in [0.1, 0.15) is 5.75 Å². The van der Waals surface area contributed by atoms with E-state index < -0.39 is 0 Å². The molecule has 0 spiro atoms. The number of unbranched alkanes of at least 4 members (excludes halogenated alkanes) is 2. The van der Waals surface area contributed by atoms with Gasteiger partial charge in [-0.2, -0.15) is 0 Å². The summed E-state index contributed by atoms with van der Waals surface area (Å²) in [7, 11) is 1.63. The first-order chi connectivity index (χ1) is 10.2. The van der Waals surface area contributed by atoms with Gasteiger partial charge in [-0.3, -0.25) is 4.79 Å². The highest BCUT2D eigenvalue weighted by atomic mass is 16.5. The van der Waals surface area contributed by atoms with Gasteiger partial charge in [0, 0.05) is 24.3 Å². The minimum absolute atomic E-state index is 0.0408. The lowest BCUT2D eigenvalue weighted by Crippen LogP contribution is -2.24. The Morgan fingerprint density at radius 2 is 1.95 bits per heavy atom. The van der Waals surface area contributed by atoms with Crippen molar-refractivity contribution < 1.29 is 14.3 Å². The fourth-order valence-corrected chi connectivity index (χ4v) is 1.94. The molecule has 0 radical (unpaired) electrons. The number of hydrogen-bond donors (Lipinski definition) is 1. The molecule has 4 heteroatoms. The average Bonchev–Trinajstić information content (AvgIpc) is 2.51. The Kier molecular flexibility index (Phi) is 8.51. The highest BCUT2D eigenvalue weighted by Crippen LogP contribution is 2.21. The Morgan fingerprint density at radius 1 is 1.19 bits per heavy atom. The third kappa shape index (κ3) is 6.17. The molecule has 0 bridgehead atoms. The largest absolute Gasteiger partial charge is 0.496 e. The summed E-state index contributed by atoms with van der Waals surface area (Å²) in [6.45, 7) is 6.14. The third-order valence-corrected chi connectivity index (χ3v) is 3.26. The molecule has 1 amide bonds. The second-order valence-electron chi connectivity index (χ2n) is 5.04. The molecule has 1 N–H and O–H groups in total. The molecule has 4 nitrogen and oxygen atoms in total. The molecule has 0 unspecified atom stereocenters. The van der Waals surface area contributed by atoms with Crippen LogP contribution >= 0.6 is 0 Å². The van der Waals surface area contributed by atoms with Crippen molar-refractivity contribution in [3.8, 4) is 5.75 Å². The first-order valence-electron chi connectivity index (χ1n) is 7.75. The number of carbonyl (C=O) groups excluding carboxylic acids is 1. The highest BCUT2D eigenvalue weighted by Gasteiger charge is 2.10. The zero-order valence-electron chi connectivity index (χ0n) is 13.4. The first-order valence-corrected chi connectivity index (χ1v) is 7.75. The number of rotatable bonds is 10. The van der Waals surface area contributed by atoms with E-state index in [1.807, 2.05) is 12.1 Å². The van der Waals surface area contributed by atoms with Crippen LogP contribution in [0.2, 0.25) is 0 Å². The molecule has 0 aliphatic carbocycles. The second-order valence-corrected chi connectivity index (χ2v) is 5.04. The van der Waals surface area contributed by atoms with Crippen LogP contribution in [-0.2, 0) is 11.3 Å². The van der Waals surface area contributed by atoms with Crippen LogP contribution in [0.15, 0.2) is 18.2 Å². The van der Waals surface area contributed by atoms with Gasteiger partial charge in [-0.25, -0.2) is 0 Å². The maximum absolute atomic E-state index is 12.1. The van der Waals surface area contributed by atoms with Crippen molar-refractivity contribution in [1.29, 1.82) is 0 Å². The van der Waals surface area contributed by atoms with Crippen LogP contribution in [0.5, 0.6) is 5.75 Å². The van der Waals surface area contributed by atoms with Crippen LogP contribution < -0.4 is 10.1 Å². The van der Waals surface area contributed by atoms with E-state index in [2.05, 4.69) is 19.2 Å². The lowest BCUT2D eigenvalue weighted by molar-refractivity contribution is 0.0952. The van der Waals surface area contributed by atoms with Crippen LogP contribution in [0, 0.1) is 0 Å². The molecule has 0 aliphatic heterocycles. The molecule has 0 saturated carbocycles. The fourth-order valence-electron chi connectivity index (χ4n) is 1.94. The standard InChI is InChI=1S/C17H27NO3/c1-4-6-10-18-17(19)14-8-9-16(20-3)15(12-14)13-21-11-7-5-2/h8-9,12H,4-7,10-11,13H2,1-3H3,(H,18,19). The lowest BCUT2D eigenvalue weighted by Gasteiger charge is -2.11. The molecule has 0 aliphatic rings. The number of carbonyl (C=O) groups is 1. The smallest absolute Gasteiger partial charge is 0.251 e. The van der Waals surface area contributed by atoms with Crippen LogP contribution in [0.25, 0.3) is 0 Å². The van der Waals surface area contributed by atoms with E-state index in [1.165, 1.54) is 0 Å². The number of amides is 1. The minimum Gasteiger partial charge on any atom is -0.496 e. The molecule has 0 fully saturated rings. The Labute approximate surface area is 127 Å². The molecule has 1 aromatic carbocycles. The molecule has 0 atom stereocenters. The Bertz CT molecular complexity index is 432. The SMILES string of the molecule is CCCCNC(=O)c1ccc(OC)c(COCCCC)c1. The van der Waals surface area contributed by atoms with Gasteiger partial charge in [0.25, 0.3) is 5.91 Å². The summed E-state index contributed by atoms with van der Waals surface area (Å²) in [4.78, 5) is 12.1. The summed E-state index contributed by atoms with van der Waals surface area (Å²) in [5.74, 6) is 0.720. The second kappa shape index (κ2) is 10.2. The summed E-state index contributed by atoms with van der Waals surface area (Å²) in [6, 6.07) is 5.47. The van der Waals surface area contributed by atoms with Crippen molar-refractivity contribution in [2.75, 3.05) is 20.3 Å². The van der Waals surface area contributed by atoms with Gasteiger partial charge in [-0.05, 0) is 31.0 Å². The summed E-state index contributed by atoms with van der Waals surface area (Å²) in [5.41, 5.74) is 1.57. The average molecular weight is 293 g/mol. The number of nitrogens with one attached hydrogen (secondary N) is 1. The fraction of sp³-hybridized carbons (Fsp3) is 0.588. The van der Waals surface area contributed by atoms with E-state index in [4.69, 9.17) is 9.47 Å². The Hall–Kier alpha value is -1.55. The van der Waals surface area contributed by atoms with E-state index in [9.17, 15) is 4.79 Å². The third-order valence-electron chi connectivity index (χ3n) is 3.26. The summed E-state index contributed by atoms with van der Waals surface area (Å²) < 4.78 is 10.9. The van der Waals surface area contributed by atoms with Crippen molar-refractivity contribution in [2.24, 2.45) is 0 Å². The van der Waals surface area contributed by atoms with Crippen molar-refractivity contribution in [3.63, 3.8) is 0 Å². The normalized spacial score (nSPS) is 10.4. The topological polar surface area (TPSA) is 47.6 Å². The monoisotopic (exact) mass is 293 g/mol. The predicted octanol–water partition coefficient (Wildman–Crippen LogP) is 3.54. The predicted molar refractivity (Wildman–Crippen MR) is 84.8 cm³/mol. The summed E-state index contributed by atoms with van der Waals surface area (Å²) in [5, 5.41) is 2.92. The van der Waals surface area contributed by atoms with Gasteiger partial charge in [-0.1, -0.05) is 26.7 Å². The highest BCUT2D eigenvalue weighted by molar-refractivity contribution is 5.94. The molecule has 0 saturated heterocycles.